The van der Waals surface area contributed by atoms with Crippen molar-refractivity contribution in [3.8, 4) is 10.8 Å². The molecule has 8 heteroatoms. The third kappa shape index (κ3) is 3.90. The van der Waals surface area contributed by atoms with E-state index in [0.29, 0.717) is 22.4 Å². The van der Waals surface area contributed by atoms with Gasteiger partial charge in [-0.15, -0.1) is 21.5 Å². The summed E-state index contributed by atoms with van der Waals surface area (Å²) in [4.78, 5) is 24.5. The molecule has 122 valence electrons. The van der Waals surface area contributed by atoms with Crippen molar-refractivity contribution in [3.05, 3.63) is 47.3 Å². The summed E-state index contributed by atoms with van der Waals surface area (Å²) in [7, 11) is 0. The molecule has 0 unspecified atom stereocenters. The molecule has 0 spiro atoms. The number of aromatic nitrogens is 2. The van der Waals surface area contributed by atoms with Gasteiger partial charge in [-0.3, -0.25) is 9.59 Å². The van der Waals surface area contributed by atoms with Gasteiger partial charge in [-0.05, 0) is 30.5 Å². The van der Waals surface area contributed by atoms with Crippen LogP contribution in [0.3, 0.4) is 0 Å². The topological polar surface area (TPSA) is 85.1 Å². The Labute approximate surface area is 146 Å². The van der Waals surface area contributed by atoms with Crippen LogP contribution < -0.4 is 5.32 Å². The zero-order chi connectivity index (χ0) is 16.9. The van der Waals surface area contributed by atoms with E-state index in [-0.39, 0.29) is 17.4 Å². The molecule has 0 saturated heterocycles. The molecule has 6 nitrogen and oxygen atoms in total. The highest BCUT2D eigenvalue weighted by Gasteiger charge is 2.13. The molecule has 0 aliphatic carbocycles. The lowest BCUT2D eigenvalue weighted by Crippen LogP contribution is -2.16. The number of hydrogen-bond donors (Lipinski definition) is 1. The average molecular weight is 359 g/mol. The number of amides is 1. The van der Waals surface area contributed by atoms with Crippen molar-refractivity contribution in [2.75, 3.05) is 11.1 Å². The van der Waals surface area contributed by atoms with Crippen molar-refractivity contribution in [2.45, 2.75) is 12.1 Å². The Hall–Kier alpha value is -2.45. The van der Waals surface area contributed by atoms with E-state index >= 15 is 0 Å². The second-order valence-electron chi connectivity index (χ2n) is 4.79. The number of para-hydroxylation sites is 1. The zero-order valence-corrected chi connectivity index (χ0v) is 14.3. The molecular formula is C16H13N3O3S2. The van der Waals surface area contributed by atoms with Gasteiger partial charge in [-0.25, -0.2) is 0 Å². The Kier molecular flexibility index (Phi) is 5.07. The predicted molar refractivity (Wildman–Crippen MR) is 93.4 cm³/mol. The first-order valence-electron chi connectivity index (χ1n) is 7.03. The molecule has 0 fully saturated rings. The minimum Gasteiger partial charge on any atom is -0.410 e. The van der Waals surface area contributed by atoms with Crippen molar-refractivity contribution < 1.29 is 14.0 Å². The molecule has 24 heavy (non-hydrogen) atoms. The summed E-state index contributed by atoms with van der Waals surface area (Å²) in [5.74, 6) is 0.202. The Morgan fingerprint density at radius 2 is 2.04 bits per heavy atom. The monoisotopic (exact) mass is 359 g/mol. The molecule has 1 N–H and O–H groups in total. The lowest BCUT2D eigenvalue weighted by molar-refractivity contribution is -0.113. The van der Waals surface area contributed by atoms with Crippen LogP contribution in [0.4, 0.5) is 5.69 Å². The number of nitrogens with zero attached hydrogens (tertiary/aromatic N) is 2. The minimum absolute atomic E-state index is 0.101. The highest BCUT2D eigenvalue weighted by molar-refractivity contribution is 7.99. The summed E-state index contributed by atoms with van der Waals surface area (Å²) < 4.78 is 5.51. The molecular weight excluding hydrogens is 346 g/mol. The maximum atomic E-state index is 12.1. The van der Waals surface area contributed by atoms with Crippen molar-refractivity contribution >= 4 is 40.5 Å². The van der Waals surface area contributed by atoms with Crippen LogP contribution in [-0.2, 0) is 4.79 Å². The van der Waals surface area contributed by atoms with E-state index in [4.69, 9.17) is 4.42 Å². The normalized spacial score (nSPS) is 10.5. The summed E-state index contributed by atoms with van der Waals surface area (Å²) in [6.07, 6.45) is 0. The first kappa shape index (κ1) is 16.4. The molecule has 1 amide bonds. The Morgan fingerprint density at radius 3 is 2.79 bits per heavy atom. The van der Waals surface area contributed by atoms with Gasteiger partial charge in [-0.2, -0.15) is 0 Å². The molecule has 0 bridgehead atoms. The van der Waals surface area contributed by atoms with E-state index < -0.39 is 0 Å². The number of ketones is 1. The van der Waals surface area contributed by atoms with Gasteiger partial charge >= 0.3 is 0 Å². The standard InChI is InChI=1S/C16H13N3O3S2/c1-10(20)11-5-2-3-6-12(11)17-14(21)9-24-16-19-18-15(22-16)13-7-4-8-23-13/h2-8H,9H2,1H3,(H,17,21). The van der Waals surface area contributed by atoms with Gasteiger partial charge < -0.3 is 9.73 Å². The van der Waals surface area contributed by atoms with E-state index in [1.54, 1.807) is 24.3 Å². The quantitative estimate of drug-likeness (QED) is 0.533. The summed E-state index contributed by atoms with van der Waals surface area (Å²) in [6, 6.07) is 10.7. The number of rotatable bonds is 6. The molecule has 3 rings (SSSR count). The second-order valence-corrected chi connectivity index (χ2v) is 6.66. The van der Waals surface area contributed by atoms with Crippen LogP contribution in [0.2, 0.25) is 0 Å². The number of carbonyl (C=O) groups is 2. The van der Waals surface area contributed by atoms with E-state index in [9.17, 15) is 9.59 Å². The van der Waals surface area contributed by atoms with Gasteiger partial charge in [0.1, 0.15) is 0 Å². The molecule has 0 aliphatic rings. The third-order valence-electron chi connectivity index (χ3n) is 3.05. The van der Waals surface area contributed by atoms with Crippen LogP contribution in [0.15, 0.2) is 51.4 Å². The number of thioether (sulfide) groups is 1. The molecule has 2 aromatic heterocycles. The summed E-state index contributed by atoms with van der Waals surface area (Å²) in [5.41, 5.74) is 0.981. The van der Waals surface area contributed by atoms with Crippen molar-refractivity contribution in [1.29, 1.82) is 0 Å². The van der Waals surface area contributed by atoms with Gasteiger partial charge in [0, 0.05) is 5.56 Å². The average Bonchev–Trinajstić information content (AvgIpc) is 3.24. The lowest BCUT2D eigenvalue weighted by Gasteiger charge is -2.07. The van der Waals surface area contributed by atoms with Gasteiger partial charge in [0.25, 0.3) is 11.1 Å². The number of Topliss-reactive ketones (excluding diaryl/α,β-unsaturated/α-hetero) is 1. The molecule has 3 aromatic rings. The number of carbonyl (C=O) groups excluding carboxylic acids is 2. The summed E-state index contributed by atoms with van der Waals surface area (Å²) >= 11 is 2.65. The number of nitrogens with one attached hydrogen (secondary N) is 1. The third-order valence-corrected chi connectivity index (χ3v) is 4.72. The van der Waals surface area contributed by atoms with Gasteiger partial charge in [0.15, 0.2) is 5.78 Å². The Balaban J connectivity index is 1.59. The van der Waals surface area contributed by atoms with Crippen molar-refractivity contribution in [3.63, 3.8) is 0 Å². The smallest absolute Gasteiger partial charge is 0.277 e. The van der Waals surface area contributed by atoms with Gasteiger partial charge in [-0.1, -0.05) is 30.0 Å². The van der Waals surface area contributed by atoms with Crippen LogP contribution in [0, 0.1) is 0 Å². The number of anilines is 1. The van der Waals surface area contributed by atoms with E-state index in [2.05, 4.69) is 15.5 Å². The number of hydrogen-bond acceptors (Lipinski definition) is 7. The van der Waals surface area contributed by atoms with E-state index in [0.717, 1.165) is 16.6 Å². The highest BCUT2D eigenvalue weighted by Crippen LogP contribution is 2.26. The van der Waals surface area contributed by atoms with E-state index in [1.165, 1.54) is 18.3 Å². The maximum absolute atomic E-state index is 12.1. The fourth-order valence-electron chi connectivity index (χ4n) is 1.98. The van der Waals surface area contributed by atoms with Crippen LogP contribution >= 0.6 is 23.1 Å². The van der Waals surface area contributed by atoms with E-state index in [1.807, 2.05) is 17.5 Å². The fourth-order valence-corrected chi connectivity index (χ4v) is 3.19. The molecule has 0 saturated carbocycles. The zero-order valence-electron chi connectivity index (χ0n) is 12.7. The summed E-state index contributed by atoms with van der Waals surface area (Å²) in [5, 5.41) is 12.8. The minimum atomic E-state index is -0.246. The first-order chi connectivity index (χ1) is 11.6. The van der Waals surface area contributed by atoms with Crippen LogP contribution in [-0.4, -0.2) is 27.6 Å². The van der Waals surface area contributed by atoms with Gasteiger partial charge in [0.05, 0.1) is 16.3 Å². The Morgan fingerprint density at radius 1 is 1.21 bits per heavy atom. The molecule has 0 atom stereocenters. The molecule has 1 aromatic carbocycles. The Bertz CT molecular complexity index is 859. The molecule has 0 radical (unpaired) electrons. The predicted octanol–water partition coefficient (Wildman–Crippen LogP) is 3.73. The lowest BCUT2D eigenvalue weighted by atomic mass is 10.1. The number of benzene rings is 1. The van der Waals surface area contributed by atoms with Crippen LogP contribution in [0.5, 0.6) is 0 Å². The maximum Gasteiger partial charge on any atom is 0.277 e. The fraction of sp³-hybridized carbons (Fsp3) is 0.125. The highest BCUT2D eigenvalue weighted by atomic mass is 32.2. The molecule has 2 heterocycles. The van der Waals surface area contributed by atoms with Crippen molar-refractivity contribution in [2.24, 2.45) is 0 Å². The summed E-state index contributed by atoms with van der Waals surface area (Å²) in [6.45, 7) is 1.46. The van der Waals surface area contributed by atoms with Crippen molar-refractivity contribution in [1.82, 2.24) is 10.2 Å². The SMILES string of the molecule is CC(=O)c1ccccc1NC(=O)CSc1nnc(-c2cccs2)o1. The largest absolute Gasteiger partial charge is 0.410 e. The van der Waals surface area contributed by atoms with Gasteiger partial charge in [0.2, 0.25) is 5.91 Å². The van der Waals surface area contributed by atoms with Crippen LogP contribution in [0.1, 0.15) is 17.3 Å². The second kappa shape index (κ2) is 7.41. The molecule has 0 aliphatic heterocycles. The first-order valence-corrected chi connectivity index (χ1v) is 8.90. The van der Waals surface area contributed by atoms with Crippen LogP contribution in [0.25, 0.3) is 10.8 Å². The number of thiophene rings is 1.